The molecule has 0 spiro atoms. The summed E-state index contributed by atoms with van der Waals surface area (Å²) in [4.78, 5) is 14.3. The zero-order valence-electron chi connectivity index (χ0n) is 14.0. The number of unbranched alkanes of at least 4 members (excludes halogenated alkanes) is 1. The average Bonchev–Trinajstić information content (AvgIpc) is 2.86. The number of aryl methyl sites for hydroxylation is 3. The van der Waals surface area contributed by atoms with Gasteiger partial charge in [0.15, 0.2) is 22.1 Å². The van der Waals surface area contributed by atoms with E-state index in [1.807, 2.05) is 6.08 Å². The molecule has 1 aromatic carbocycles. The number of rotatable bonds is 6. The molecule has 0 radical (unpaired) electrons. The van der Waals surface area contributed by atoms with Crippen molar-refractivity contribution in [3.63, 3.8) is 0 Å². The minimum atomic E-state index is 0.421. The van der Waals surface area contributed by atoms with Crippen molar-refractivity contribution in [2.45, 2.75) is 43.3 Å². The number of nitrogen functional groups attached to an aromatic ring is 1. The Labute approximate surface area is 146 Å². The van der Waals surface area contributed by atoms with E-state index in [-0.39, 0.29) is 0 Å². The number of aromatic nitrogens is 4. The summed E-state index contributed by atoms with van der Waals surface area (Å²) in [6.45, 7) is 8.82. The standard InChI is InChI=1S/C18H21N5S/c1-4-5-6-7-23-17-15(16(19)20-11-21-17)22-18(23)24-14-9-12(2)8-13(3)10-14/h4,8-11H,1,5-7H2,2-3H3,(H2,19,20,21). The summed E-state index contributed by atoms with van der Waals surface area (Å²) in [6, 6.07) is 6.50. The summed E-state index contributed by atoms with van der Waals surface area (Å²) in [5.41, 5.74) is 9.93. The maximum Gasteiger partial charge on any atom is 0.175 e. The minimum Gasteiger partial charge on any atom is -0.382 e. The van der Waals surface area contributed by atoms with Crippen molar-refractivity contribution in [1.82, 2.24) is 19.5 Å². The highest BCUT2D eigenvalue weighted by Gasteiger charge is 2.15. The summed E-state index contributed by atoms with van der Waals surface area (Å²) < 4.78 is 2.12. The molecule has 24 heavy (non-hydrogen) atoms. The van der Waals surface area contributed by atoms with E-state index in [1.165, 1.54) is 22.3 Å². The monoisotopic (exact) mass is 339 g/mol. The number of anilines is 1. The van der Waals surface area contributed by atoms with Gasteiger partial charge in [-0.3, -0.25) is 0 Å². The van der Waals surface area contributed by atoms with Gasteiger partial charge >= 0.3 is 0 Å². The first-order valence-corrected chi connectivity index (χ1v) is 8.74. The lowest BCUT2D eigenvalue weighted by molar-refractivity contribution is 0.612. The number of imidazole rings is 1. The van der Waals surface area contributed by atoms with Crippen molar-refractivity contribution in [3.8, 4) is 0 Å². The van der Waals surface area contributed by atoms with E-state index >= 15 is 0 Å². The van der Waals surface area contributed by atoms with E-state index in [9.17, 15) is 0 Å². The Balaban J connectivity index is 2.03. The topological polar surface area (TPSA) is 69.6 Å². The van der Waals surface area contributed by atoms with Gasteiger partial charge in [0.1, 0.15) is 6.33 Å². The predicted octanol–water partition coefficient (Wildman–Crippen LogP) is 4.14. The first-order chi connectivity index (χ1) is 11.6. The fraction of sp³-hybridized carbons (Fsp3) is 0.278. The molecule has 124 valence electrons. The van der Waals surface area contributed by atoms with E-state index in [0.717, 1.165) is 30.2 Å². The second kappa shape index (κ2) is 7.05. The highest BCUT2D eigenvalue weighted by molar-refractivity contribution is 7.99. The third-order valence-corrected chi connectivity index (χ3v) is 4.69. The molecule has 2 aromatic heterocycles. The molecule has 3 aromatic rings. The van der Waals surface area contributed by atoms with Crippen molar-refractivity contribution in [1.29, 1.82) is 0 Å². The van der Waals surface area contributed by atoms with Gasteiger partial charge in [0.2, 0.25) is 0 Å². The molecule has 0 aliphatic heterocycles. The molecular weight excluding hydrogens is 318 g/mol. The van der Waals surface area contributed by atoms with Gasteiger partial charge in [0.25, 0.3) is 0 Å². The second-order valence-corrected chi connectivity index (χ2v) is 6.87. The Morgan fingerprint density at radius 2 is 1.96 bits per heavy atom. The quantitative estimate of drug-likeness (QED) is 0.540. The first kappa shape index (κ1) is 16.5. The van der Waals surface area contributed by atoms with Crippen molar-refractivity contribution in [2.24, 2.45) is 0 Å². The Morgan fingerprint density at radius 3 is 2.67 bits per heavy atom. The Hall–Kier alpha value is -2.34. The van der Waals surface area contributed by atoms with Crippen LogP contribution in [0, 0.1) is 13.8 Å². The number of nitrogens with two attached hydrogens (primary N) is 1. The molecule has 0 amide bonds. The van der Waals surface area contributed by atoms with Gasteiger partial charge in [-0.25, -0.2) is 15.0 Å². The summed E-state index contributed by atoms with van der Waals surface area (Å²) in [6.07, 6.45) is 5.36. The molecular formula is C18H21N5S. The number of hydrogen-bond acceptors (Lipinski definition) is 5. The smallest absolute Gasteiger partial charge is 0.175 e. The molecule has 0 saturated heterocycles. The van der Waals surface area contributed by atoms with E-state index in [2.05, 4.69) is 53.2 Å². The molecule has 0 atom stereocenters. The average molecular weight is 339 g/mol. The maximum atomic E-state index is 5.98. The van der Waals surface area contributed by atoms with Crippen LogP contribution >= 0.6 is 11.8 Å². The van der Waals surface area contributed by atoms with Gasteiger partial charge < -0.3 is 10.3 Å². The third kappa shape index (κ3) is 3.43. The van der Waals surface area contributed by atoms with Crippen molar-refractivity contribution in [2.75, 3.05) is 5.73 Å². The van der Waals surface area contributed by atoms with Gasteiger partial charge in [-0.2, -0.15) is 0 Å². The van der Waals surface area contributed by atoms with E-state index in [1.54, 1.807) is 11.8 Å². The zero-order chi connectivity index (χ0) is 17.1. The molecule has 0 aliphatic rings. The van der Waals surface area contributed by atoms with Crippen LogP contribution in [0.1, 0.15) is 24.0 Å². The van der Waals surface area contributed by atoms with E-state index in [4.69, 9.17) is 10.7 Å². The van der Waals surface area contributed by atoms with Crippen LogP contribution in [0.5, 0.6) is 0 Å². The second-order valence-electron chi connectivity index (χ2n) is 5.83. The highest BCUT2D eigenvalue weighted by atomic mass is 32.2. The van der Waals surface area contributed by atoms with Gasteiger partial charge in [-0.05, 0) is 49.9 Å². The van der Waals surface area contributed by atoms with Gasteiger partial charge in [-0.15, -0.1) is 6.58 Å². The molecule has 5 nitrogen and oxygen atoms in total. The molecule has 0 saturated carbocycles. The van der Waals surface area contributed by atoms with Crippen LogP contribution in [-0.2, 0) is 6.54 Å². The number of allylic oxidation sites excluding steroid dienone is 1. The maximum absolute atomic E-state index is 5.98. The molecule has 3 rings (SSSR count). The summed E-state index contributed by atoms with van der Waals surface area (Å²) in [7, 11) is 0. The van der Waals surface area contributed by atoms with Gasteiger partial charge in [0, 0.05) is 11.4 Å². The van der Waals surface area contributed by atoms with Crippen molar-refractivity contribution in [3.05, 3.63) is 48.3 Å². The minimum absolute atomic E-state index is 0.421. The molecule has 0 aliphatic carbocycles. The first-order valence-electron chi connectivity index (χ1n) is 7.92. The molecule has 0 bridgehead atoms. The van der Waals surface area contributed by atoms with Gasteiger partial charge in [0.05, 0.1) is 0 Å². The largest absolute Gasteiger partial charge is 0.382 e. The summed E-state index contributed by atoms with van der Waals surface area (Å²) >= 11 is 1.64. The predicted molar refractivity (Wildman–Crippen MR) is 99.2 cm³/mol. The number of fused-ring (bicyclic) bond motifs is 1. The fourth-order valence-corrected chi connectivity index (χ4v) is 3.83. The van der Waals surface area contributed by atoms with Crippen LogP contribution in [0.3, 0.4) is 0 Å². The van der Waals surface area contributed by atoms with Crippen LogP contribution in [0.25, 0.3) is 11.2 Å². The Kier molecular flexibility index (Phi) is 4.85. The number of benzene rings is 1. The molecule has 0 fully saturated rings. The fourth-order valence-electron chi connectivity index (χ4n) is 2.70. The Bertz CT molecular complexity index is 864. The molecule has 2 N–H and O–H groups in total. The van der Waals surface area contributed by atoms with Crippen LogP contribution < -0.4 is 5.73 Å². The zero-order valence-corrected chi connectivity index (χ0v) is 14.8. The van der Waals surface area contributed by atoms with Crippen LogP contribution in [0.4, 0.5) is 5.82 Å². The third-order valence-electron chi connectivity index (χ3n) is 3.72. The lowest BCUT2D eigenvalue weighted by Crippen LogP contribution is -2.01. The van der Waals surface area contributed by atoms with Crippen LogP contribution in [-0.4, -0.2) is 19.5 Å². The molecule has 0 unspecified atom stereocenters. The van der Waals surface area contributed by atoms with E-state index < -0.39 is 0 Å². The molecule has 6 heteroatoms. The van der Waals surface area contributed by atoms with Crippen molar-refractivity contribution >= 4 is 28.7 Å². The summed E-state index contributed by atoms with van der Waals surface area (Å²) in [5, 5.41) is 0.895. The number of nitrogens with zero attached hydrogens (tertiary/aromatic N) is 4. The number of hydrogen-bond donors (Lipinski definition) is 1. The lowest BCUT2D eigenvalue weighted by atomic mass is 10.2. The van der Waals surface area contributed by atoms with Crippen molar-refractivity contribution < 1.29 is 0 Å². The summed E-state index contributed by atoms with van der Waals surface area (Å²) in [5.74, 6) is 0.421. The normalized spacial score (nSPS) is 11.1. The highest BCUT2D eigenvalue weighted by Crippen LogP contribution is 2.32. The Morgan fingerprint density at radius 1 is 1.21 bits per heavy atom. The van der Waals surface area contributed by atoms with Crippen LogP contribution in [0.2, 0.25) is 0 Å². The van der Waals surface area contributed by atoms with E-state index in [0.29, 0.717) is 11.3 Å². The molecule has 2 heterocycles. The lowest BCUT2D eigenvalue weighted by Gasteiger charge is -2.08. The van der Waals surface area contributed by atoms with Crippen LogP contribution in [0.15, 0.2) is 47.2 Å². The van der Waals surface area contributed by atoms with Gasteiger partial charge in [-0.1, -0.05) is 23.9 Å². The SMILES string of the molecule is C=CCCCn1c(Sc2cc(C)cc(C)c2)nc2c(N)ncnc21.